The van der Waals surface area contributed by atoms with Gasteiger partial charge in [-0.15, -0.1) is 0 Å². The van der Waals surface area contributed by atoms with Crippen LogP contribution in [0.3, 0.4) is 0 Å². The topological polar surface area (TPSA) is 48.4 Å². The summed E-state index contributed by atoms with van der Waals surface area (Å²) in [7, 11) is 1.80. The maximum Gasteiger partial charge on any atom is 0.266 e. The molecule has 2 aromatic carbocycles. The Labute approximate surface area is 225 Å². The number of carbonyl (C=O) groups excluding carboxylic acids is 1. The van der Waals surface area contributed by atoms with Crippen LogP contribution in [-0.2, 0) is 9.53 Å². The lowest BCUT2D eigenvalue weighted by molar-refractivity contribution is -0.121. The zero-order chi connectivity index (χ0) is 26.3. The normalized spacial score (nSPS) is 23.9. The van der Waals surface area contributed by atoms with Crippen LogP contribution < -0.4 is 9.80 Å². The number of ether oxygens (including phenoxy) is 1. The molecule has 0 bridgehead atoms. The lowest BCUT2D eigenvalue weighted by Crippen LogP contribution is -2.51. The Kier molecular flexibility index (Phi) is 7.12. The fourth-order valence-corrected chi connectivity index (χ4v) is 7.00. The van der Waals surface area contributed by atoms with Gasteiger partial charge in [0.15, 0.2) is 5.17 Å². The first-order valence-corrected chi connectivity index (χ1v) is 14.1. The molecule has 2 fully saturated rings. The highest BCUT2D eigenvalue weighted by atomic mass is 32.2. The van der Waals surface area contributed by atoms with E-state index in [-0.39, 0.29) is 11.4 Å². The molecule has 0 radical (unpaired) electrons. The predicted octanol–water partition coefficient (Wildman–Crippen LogP) is 6.26. The Bertz CT molecular complexity index is 1230. The number of hydrogen-bond donors (Lipinski definition) is 0. The fraction of sp³-hybridized carbons (Fsp3) is 0.467. The van der Waals surface area contributed by atoms with Gasteiger partial charge in [0, 0.05) is 43.1 Å². The van der Waals surface area contributed by atoms with Crippen molar-refractivity contribution < 1.29 is 9.53 Å². The Morgan fingerprint density at radius 1 is 1.11 bits per heavy atom. The molecule has 6 nitrogen and oxygen atoms in total. The van der Waals surface area contributed by atoms with Gasteiger partial charge in [0.2, 0.25) is 0 Å². The fourth-order valence-electron chi connectivity index (χ4n) is 6.01. The van der Waals surface area contributed by atoms with Crippen molar-refractivity contribution in [2.75, 3.05) is 43.2 Å². The van der Waals surface area contributed by atoms with E-state index in [1.807, 2.05) is 18.2 Å². The number of aliphatic imine (C=N–C) groups is 1. The molecule has 1 atom stereocenters. The molecule has 3 aliphatic rings. The van der Waals surface area contributed by atoms with Gasteiger partial charge in [0.05, 0.1) is 23.8 Å². The van der Waals surface area contributed by atoms with Gasteiger partial charge in [0.25, 0.3) is 5.91 Å². The molecule has 2 saturated heterocycles. The van der Waals surface area contributed by atoms with Crippen LogP contribution in [0.1, 0.15) is 58.1 Å². The summed E-state index contributed by atoms with van der Waals surface area (Å²) >= 11 is 1.44. The summed E-state index contributed by atoms with van der Waals surface area (Å²) in [6.07, 6.45) is 3.12. The van der Waals surface area contributed by atoms with E-state index in [0.29, 0.717) is 22.0 Å². The van der Waals surface area contributed by atoms with Crippen LogP contribution in [0, 0.1) is 0 Å². The molecule has 7 heteroatoms. The van der Waals surface area contributed by atoms with Crippen molar-refractivity contribution in [2.24, 2.45) is 4.99 Å². The lowest BCUT2D eigenvalue weighted by Gasteiger charge is -2.50. The highest BCUT2D eigenvalue weighted by Gasteiger charge is 2.38. The third-order valence-corrected chi connectivity index (χ3v) is 8.63. The summed E-state index contributed by atoms with van der Waals surface area (Å²) in [5, 5.41) is 0.703. The third-order valence-electron chi connectivity index (χ3n) is 7.57. The van der Waals surface area contributed by atoms with Gasteiger partial charge in [0.1, 0.15) is 0 Å². The maximum atomic E-state index is 13.1. The molecule has 0 N–H and O–H groups in total. The molecule has 1 amide bonds. The van der Waals surface area contributed by atoms with Gasteiger partial charge in [-0.3, -0.25) is 9.69 Å². The van der Waals surface area contributed by atoms with Gasteiger partial charge >= 0.3 is 0 Å². The number of morpholine rings is 1. The zero-order valence-electron chi connectivity index (χ0n) is 22.8. The number of thioether (sulfide) groups is 1. The van der Waals surface area contributed by atoms with Crippen molar-refractivity contribution in [3.8, 4) is 0 Å². The molecule has 0 spiro atoms. The van der Waals surface area contributed by atoms with Gasteiger partial charge in [-0.1, -0.05) is 13.0 Å². The average molecular weight is 519 g/mol. The first-order valence-electron chi connectivity index (χ1n) is 13.3. The molecule has 2 aromatic rings. The molecule has 0 aromatic heterocycles. The van der Waals surface area contributed by atoms with Crippen LogP contribution in [0.25, 0.3) is 6.08 Å². The van der Waals surface area contributed by atoms with Crippen molar-refractivity contribution >= 4 is 46.0 Å². The molecule has 0 aliphatic carbocycles. The Morgan fingerprint density at radius 2 is 1.81 bits per heavy atom. The van der Waals surface area contributed by atoms with Crippen molar-refractivity contribution in [3.05, 3.63) is 58.5 Å². The first kappa shape index (κ1) is 25.9. The molecule has 3 heterocycles. The van der Waals surface area contributed by atoms with Crippen molar-refractivity contribution in [1.29, 1.82) is 0 Å². The Hall–Kier alpha value is -2.77. The minimum absolute atomic E-state index is 0.00982. The number of carbonyl (C=O) groups is 1. The van der Waals surface area contributed by atoms with E-state index in [0.717, 1.165) is 44.0 Å². The lowest BCUT2D eigenvalue weighted by atomic mass is 9.79. The molecular weight excluding hydrogens is 480 g/mol. The van der Waals surface area contributed by atoms with E-state index < -0.39 is 0 Å². The number of amidine groups is 1. The molecule has 0 unspecified atom stereocenters. The summed E-state index contributed by atoms with van der Waals surface area (Å²) in [5.41, 5.74) is 5.88. The second kappa shape index (κ2) is 10.2. The van der Waals surface area contributed by atoms with E-state index in [4.69, 9.17) is 9.73 Å². The highest BCUT2D eigenvalue weighted by molar-refractivity contribution is 8.18. The SMILES string of the molecule is CC(C)N1c2ccc(/C=C3\SC(=Nc4ccc(N5CCOCC5)cc4)N(C)C3=O)cc2[C@@H](C)CC1(C)C. The summed E-state index contributed by atoms with van der Waals surface area (Å²) in [6, 6.07) is 15.3. The number of fused-ring (bicyclic) bond motifs is 1. The Morgan fingerprint density at radius 3 is 2.49 bits per heavy atom. The van der Waals surface area contributed by atoms with Crippen LogP contribution in [0.2, 0.25) is 0 Å². The summed E-state index contributed by atoms with van der Waals surface area (Å²) < 4.78 is 5.45. The molecule has 5 rings (SSSR count). The van der Waals surface area contributed by atoms with Crippen LogP contribution in [0.4, 0.5) is 17.1 Å². The molecular formula is C30H38N4O2S. The zero-order valence-corrected chi connectivity index (χ0v) is 23.6. The summed E-state index contributed by atoms with van der Waals surface area (Å²) in [4.78, 5) is 25.1. The highest BCUT2D eigenvalue weighted by Crippen LogP contribution is 2.45. The summed E-state index contributed by atoms with van der Waals surface area (Å²) in [5.74, 6) is 0.454. The van der Waals surface area contributed by atoms with Crippen LogP contribution >= 0.6 is 11.8 Å². The predicted molar refractivity (Wildman–Crippen MR) is 156 cm³/mol. The number of amides is 1. The van der Waals surface area contributed by atoms with Crippen LogP contribution in [0.15, 0.2) is 52.4 Å². The summed E-state index contributed by atoms with van der Waals surface area (Å²) in [6.45, 7) is 14.9. The number of benzene rings is 2. The smallest absolute Gasteiger partial charge is 0.266 e. The monoisotopic (exact) mass is 518 g/mol. The largest absolute Gasteiger partial charge is 0.378 e. The van der Waals surface area contributed by atoms with Crippen molar-refractivity contribution in [3.63, 3.8) is 0 Å². The second-order valence-electron chi connectivity index (χ2n) is 11.2. The molecule has 0 saturated carbocycles. The van der Waals surface area contributed by atoms with E-state index >= 15 is 0 Å². The number of likely N-dealkylation sites (N-methyl/N-ethyl adjacent to an activating group) is 1. The van der Waals surface area contributed by atoms with Gasteiger partial charge in [-0.25, -0.2) is 4.99 Å². The van der Waals surface area contributed by atoms with E-state index in [1.165, 1.54) is 28.7 Å². The molecule has 3 aliphatic heterocycles. The number of anilines is 2. The van der Waals surface area contributed by atoms with E-state index in [2.05, 4.69) is 74.8 Å². The minimum Gasteiger partial charge on any atom is -0.378 e. The average Bonchev–Trinajstić information content (AvgIpc) is 3.12. The van der Waals surface area contributed by atoms with Gasteiger partial charge in [-0.05, 0) is 105 Å². The van der Waals surface area contributed by atoms with E-state index in [1.54, 1.807) is 11.9 Å². The second-order valence-corrected chi connectivity index (χ2v) is 12.2. The van der Waals surface area contributed by atoms with Gasteiger partial charge in [-0.2, -0.15) is 0 Å². The van der Waals surface area contributed by atoms with Gasteiger partial charge < -0.3 is 14.5 Å². The number of rotatable bonds is 4. The van der Waals surface area contributed by atoms with Crippen LogP contribution in [0.5, 0.6) is 0 Å². The van der Waals surface area contributed by atoms with Crippen molar-refractivity contribution in [1.82, 2.24) is 4.90 Å². The van der Waals surface area contributed by atoms with Crippen molar-refractivity contribution in [2.45, 2.75) is 58.5 Å². The molecule has 196 valence electrons. The van der Waals surface area contributed by atoms with Crippen LogP contribution in [-0.4, -0.2) is 60.9 Å². The minimum atomic E-state index is -0.00982. The first-order chi connectivity index (χ1) is 17.6. The maximum absolute atomic E-state index is 13.1. The standard InChI is InChI=1S/C30H38N4O2S/c1-20(2)34-26-12-7-22(17-25(26)21(3)19-30(34,4)5)18-27-28(35)32(6)29(37-27)31-23-8-10-24(11-9-23)33-13-15-36-16-14-33/h7-12,17-18,20-21H,13-16,19H2,1-6H3/b27-18-,31-29?/t21-/m0/s1. The Balaban J connectivity index is 1.37. The number of hydrogen-bond acceptors (Lipinski definition) is 6. The number of nitrogens with zero attached hydrogens (tertiary/aromatic N) is 4. The van der Waals surface area contributed by atoms with E-state index in [9.17, 15) is 4.79 Å². The molecule has 37 heavy (non-hydrogen) atoms. The quantitative estimate of drug-likeness (QED) is 0.447. The third kappa shape index (κ3) is 5.16.